The van der Waals surface area contributed by atoms with Crippen LogP contribution in [0.4, 0.5) is 0 Å². The van der Waals surface area contributed by atoms with Crippen molar-refractivity contribution in [2.45, 2.75) is 32.2 Å². The van der Waals surface area contributed by atoms with Crippen LogP contribution in [0.25, 0.3) is 0 Å². The number of rotatable bonds is 5. The largest absolute Gasteiger partial charge is 0.277 e. The fourth-order valence-corrected chi connectivity index (χ4v) is 1.96. The monoisotopic (exact) mass is 202 g/mol. The molecule has 13 heavy (non-hydrogen) atoms. The lowest BCUT2D eigenvalue weighted by molar-refractivity contribution is 0.566. The van der Waals surface area contributed by atoms with Gasteiger partial charge in [-0.25, -0.2) is 4.72 Å². The summed E-state index contributed by atoms with van der Waals surface area (Å²) < 4.78 is 27.3. The predicted molar refractivity (Wildman–Crippen MR) is 51.1 cm³/mol. The summed E-state index contributed by atoms with van der Waals surface area (Å²) in [6.07, 6.45) is 2.47. The second-order valence-electron chi connectivity index (χ2n) is 2.97. The van der Waals surface area contributed by atoms with Crippen LogP contribution in [-0.2, 0) is 10.2 Å². The molecule has 0 saturated heterocycles. The molecular formula is C8H14N2O2S. The zero-order valence-corrected chi connectivity index (χ0v) is 8.45. The molecule has 0 aromatic rings. The Labute approximate surface area is 79.3 Å². The van der Waals surface area contributed by atoms with Gasteiger partial charge < -0.3 is 0 Å². The first kappa shape index (κ1) is 10.5. The van der Waals surface area contributed by atoms with Crippen LogP contribution in [0.1, 0.15) is 26.2 Å². The van der Waals surface area contributed by atoms with E-state index in [4.69, 9.17) is 0 Å². The van der Waals surface area contributed by atoms with E-state index in [1.807, 2.05) is 0 Å². The lowest BCUT2D eigenvalue weighted by Crippen LogP contribution is -2.38. The third kappa shape index (κ3) is 4.88. The van der Waals surface area contributed by atoms with Gasteiger partial charge in [-0.1, -0.05) is 0 Å². The van der Waals surface area contributed by atoms with Crippen molar-refractivity contribution in [3.05, 3.63) is 0 Å². The Balaban J connectivity index is 2.19. The van der Waals surface area contributed by atoms with Gasteiger partial charge in [0.2, 0.25) is 0 Å². The van der Waals surface area contributed by atoms with Gasteiger partial charge in [0, 0.05) is 19.0 Å². The highest BCUT2D eigenvalue weighted by atomic mass is 32.2. The highest BCUT2D eigenvalue weighted by molar-refractivity contribution is 7.87. The maximum Gasteiger partial charge on any atom is 0.277 e. The highest BCUT2D eigenvalue weighted by Crippen LogP contribution is 2.19. The predicted octanol–water partition coefficient (Wildman–Crippen LogP) is -0.0138. The molecule has 1 fully saturated rings. The summed E-state index contributed by atoms with van der Waals surface area (Å²) in [4.78, 5) is 0. The smallest absolute Gasteiger partial charge is 0.201 e. The van der Waals surface area contributed by atoms with Crippen molar-refractivity contribution in [1.29, 1.82) is 0 Å². The molecule has 0 spiro atoms. The molecule has 2 N–H and O–H groups in total. The van der Waals surface area contributed by atoms with E-state index < -0.39 is 10.2 Å². The average Bonchev–Trinajstić information content (AvgIpc) is 2.81. The molecule has 0 aromatic heterocycles. The summed E-state index contributed by atoms with van der Waals surface area (Å²) in [6.45, 7) is 2.11. The standard InChI is InChI=1S/C8H14N2O2S/c1-2-3-4-7-9-13(11,12)10-8-5-6-8/h8-10H,4-7H2,1H3. The van der Waals surface area contributed by atoms with Crippen molar-refractivity contribution in [2.24, 2.45) is 0 Å². The number of nitrogens with one attached hydrogen (secondary N) is 2. The van der Waals surface area contributed by atoms with Crippen LogP contribution < -0.4 is 9.44 Å². The summed E-state index contributed by atoms with van der Waals surface area (Å²) in [7, 11) is -3.27. The van der Waals surface area contributed by atoms with E-state index >= 15 is 0 Å². The molecule has 0 aliphatic heterocycles. The van der Waals surface area contributed by atoms with E-state index in [-0.39, 0.29) is 6.04 Å². The highest BCUT2D eigenvalue weighted by Gasteiger charge is 2.26. The lowest BCUT2D eigenvalue weighted by atomic mass is 10.4. The van der Waals surface area contributed by atoms with E-state index in [1.165, 1.54) is 0 Å². The minimum Gasteiger partial charge on any atom is -0.201 e. The maximum atomic E-state index is 11.2. The first-order valence-electron chi connectivity index (χ1n) is 4.30. The van der Waals surface area contributed by atoms with Gasteiger partial charge in [0.05, 0.1) is 0 Å². The fourth-order valence-electron chi connectivity index (χ4n) is 0.835. The van der Waals surface area contributed by atoms with Gasteiger partial charge in [-0.05, 0) is 19.8 Å². The van der Waals surface area contributed by atoms with Crippen molar-refractivity contribution in [2.75, 3.05) is 6.54 Å². The Morgan fingerprint density at radius 2 is 2.15 bits per heavy atom. The second-order valence-corrected chi connectivity index (χ2v) is 4.50. The van der Waals surface area contributed by atoms with Crippen LogP contribution in [0, 0.1) is 11.8 Å². The molecule has 1 aliphatic carbocycles. The van der Waals surface area contributed by atoms with Gasteiger partial charge in [-0.15, -0.1) is 11.8 Å². The van der Waals surface area contributed by atoms with E-state index in [2.05, 4.69) is 21.3 Å². The zero-order valence-electron chi connectivity index (χ0n) is 7.63. The van der Waals surface area contributed by atoms with Crippen LogP contribution in [0.3, 0.4) is 0 Å². The second kappa shape index (κ2) is 4.61. The first-order chi connectivity index (χ1) is 6.14. The SMILES string of the molecule is CC#CCCNS(=O)(=O)NC1CC1. The summed E-state index contributed by atoms with van der Waals surface area (Å²) in [5, 5.41) is 0. The molecule has 1 rings (SSSR count). The Morgan fingerprint density at radius 3 is 2.69 bits per heavy atom. The molecule has 74 valence electrons. The van der Waals surface area contributed by atoms with Gasteiger partial charge >= 0.3 is 0 Å². The molecule has 0 radical (unpaired) electrons. The van der Waals surface area contributed by atoms with Gasteiger partial charge in [0.25, 0.3) is 10.2 Å². The van der Waals surface area contributed by atoms with Crippen LogP contribution >= 0.6 is 0 Å². The minimum absolute atomic E-state index is 0.162. The first-order valence-corrected chi connectivity index (χ1v) is 5.79. The Morgan fingerprint density at radius 1 is 1.46 bits per heavy atom. The lowest BCUT2D eigenvalue weighted by Gasteiger charge is -2.04. The van der Waals surface area contributed by atoms with Gasteiger partial charge in [-0.2, -0.15) is 13.1 Å². The fraction of sp³-hybridized carbons (Fsp3) is 0.750. The van der Waals surface area contributed by atoms with E-state index in [0.29, 0.717) is 13.0 Å². The Hall–Kier alpha value is -0.570. The molecule has 1 aliphatic rings. The molecule has 0 amide bonds. The maximum absolute atomic E-state index is 11.2. The molecule has 4 nitrogen and oxygen atoms in total. The van der Waals surface area contributed by atoms with Crippen molar-refractivity contribution < 1.29 is 8.42 Å². The molecule has 0 heterocycles. The third-order valence-corrected chi connectivity index (χ3v) is 2.85. The minimum atomic E-state index is -3.27. The van der Waals surface area contributed by atoms with Crippen molar-refractivity contribution in [1.82, 2.24) is 9.44 Å². The molecule has 0 bridgehead atoms. The van der Waals surface area contributed by atoms with Gasteiger partial charge in [0.1, 0.15) is 0 Å². The number of hydrogen-bond acceptors (Lipinski definition) is 2. The van der Waals surface area contributed by atoms with Crippen LogP contribution in [-0.4, -0.2) is 21.0 Å². The molecule has 1 saturated carbocycles. The van der Waals surface area contributed by atoms with E-state index in [1.54, 1.807) is 6.92 Å². The Bertz CT molecular complexity index is 309. The normalized spacial score (nSPS) is 16.4. The molecule has 0 unspecified atom stereocenters. The van der Waals surface area contributed by atoms with E-state index in [0.717, 1.165) is 12.8 Å². The summed E-state index contributed by atoms with van der Waals surface area (Å²) in [5.41, 5.74) is 0. The molecule has 5 heteroatoms. The van der Waals surface area contributed by atoms with Crippen LogP contribution in [0.5, 0.6) is 0 Å². The number of hydrogen-bond donors (Lipinski definition) is 2. The van der Waals surface area contributed by atoms with Gasteiger partial charge in [-0.3, -0.25) is 0 Å². The summed E-state index contributed by atoms with van der Waals surface area (Å²) >= 11 is 0. The summed E-state index contributed by atoms with van der Waals surface area (Å²) in [5.74, 6) is 5.49. The zero-order chi connectivity index (χ0) is 9.73. The molecule has 0 atom stereocenters. The van der Waals surface area contributed by atoms with Crippen molar-refractivity contribution in [3.8, 4) is 11.8 Å². The molecular weight excluding hydrogens is 188 g/mol. The third-order valence-electron chi connectivity index (χ3n) is 1.62. The van der Waals surface area contributed by atoms with E-state index in [9.17, 15) is 8.42 Å². The van der Waals surface area contributed by atoms with Crippen LogP contribution in [0.2, 0.25) is 0 Å². The van der Waals surface area contributed by atoms with Crippen molar-refractivity contribution in [3.63, 3.8) is 0 Å². The quantitative estimate of drug-likeness (QED) is 0.486. The van der Waals surface area contributed by atoms with Gasteiger partial charge in [0.15, 0.2) is 0 Å². The molecule has 0 aromatic carbocycles. The topological polar surface area (TPSA) is 58.2 Å². The van der Waals surface area contributed by atoms with Crippen LogP contribution in [0.15, 0.2) is 0 Å². The summed E-state index contributed by atoms with van der Waals surface area (Å²) in [6, 6.07) is 0.162. The average molecular weight is 202 g/mol. The Kier molecular flexibility index (Phi) is 3.72. The van der Waals surface area contributed by atoms with Crippen molar-refractivity contribution >= 4 is 10.2 Å².